The average Bonchev–Trinajstić information content (AvgIpc) is 2.83. The number of methoxy groups -OCH3 is 2. The number of ether oxygens (including phenoxy) is 4. The van der Waals surface area contributed by atoms with Gasteiger partial charge in [0.2, 0.25) is 0 Å². The van der Waals surface area contributed by atoms with Crippen LogP contribution in [0.2, 0.25) is 0 Å². The number of para-hydroxylation sites is 1. The normalized spacial score (nSPS) is 20.8. The van der Waals surface area contributed by atoms with Gasteiger partial charge in [-0.2, -0.15) is 0 Å². The highest BCUT2D eigenvalue weighted by Crippen LogP contribution is 2.56. The molecule has 0 saturated heterocycles. The Morgan fingerprint density at radius 3 is 2.42 bits per heavy atom. The third-order valence-electron chi connectivity index (χ3n) is 6.42. The molecule has 2 bridgehead atoms. The first-order valence-electron chi connectivity index (χ1n) is 10.4. The largest absolute Gasteiger partial charge is 0.493 e. The maximum Gasteiger partial charge on any atom is 0.279 e. The lowest BCUT2D eigenvalue weighted by molar-refractivity contribution is -0.148. The first-order valence-corrected chi connectivity index (χ1v) is 10.4. The lowest BCUT2D eigenvalue weighted by Gasteiger charge is -2.46. The minimum absolute atomic E-state index is 0.160. The van der Waals surface area contributed by atoms with E-state index in [4.69, 9.17) is 18.9 Å². The van der Waals surface area contributed by atoms with Crippen LogP contribution < -0.4 is 18.9 Å². The zero-order valence-corrected chi connectivity index (χ0v) is 17.4. The maximum absolute atomic E-state index is 6.70. The van der Waals surface area contributed by atoms with E-state index in [1.54, 1.807) is 14.2 Å². The van der Waals surface area contributed by atoms with Crippen LogP contribution in [0.4, 0.5) is 0 Å². The maximum atomic E-state index is 6.70. The van der Waals surface area contributed by atoms with Gasteiger partial charge in [0.05, 0.1) is 14.2 Å². The standard InChI is InChI=1S/C27H22O4/c1-28-23-14-12-18(15-25(23)29-2)27-16-21(20-9-5-6-10-22(20)30-27)26-19-8-4-3-7-17(19)11-13-24(26)31-27/h3-15,21H,16H2,1-2H3/t21-,27-/m0/s1. The SMILES string of the molecule is COc1ccc([C@@]23C[C@@H](c4ccccc4O2)c2c(ccc4ccccc24)O3)cc1OC. The molecule has 0 spiro atoms. The molecule has 0 amide bonds. The molecule has 2 heterocycles. The molecule has 0 N–H and O–H groups in total. The average molecular weight is 410 g/mol. The summed E-state index contributed by atoms with van der Waals surface area (Å²) in [6, 6.07) is 26.8. The van der Waals surface area contributed by atoms with Crippen molar-refractivity contribution in [3.63, 3.8) is 0 Å². The van der Waals surface area contributed by atoms with Crippen LogP contribution in [0.1, 0.15) is 29.0 Å². The van der Waals surface area contributed by atoms with Gasteiger partial charge in [-0.3, -0.25) is 0 Å². The zero-order chi connectivity index (χ0) is 21.0. The molecule has 2 aliphatic rings. The molecule has 4 heteroatoms. The van der Waals surface area contributed by atoms with E-state index >= 15 is 0 Å². The second kappa shape index (κ2) is 6.67. The highest BCUT2D eigenvalue weighted by Gasteiger charge is 2.50. The molecule has 0 aromatic heterocycles. The molecule has 0 aliphatic carbocycles. The number of rotatable bonds is 3. The van der Waals surface area contributed by atoms with Crippen molar-refractivity contribution in [2.75, 3.05) is 14.2 Å². The van der Waals surface area contributed by atoms with Gasteiger partial charge in [0, 0.05) is 29.0 Å². The number of hydrogen-bond acceptors (Lipinski definition) is 4. The molecule has 31 heavy (non-hydrogen) atoms. The molecule has 4 aromatic carbocycles. The summed E-state index contributed by atoms with van der Waals surface area (Å²) in [6.45, 7) is 0. The molecular formula is C27H22O4. The third kappa shape index (κ3) is 2.61. The fraction of sp³-hybridized carbons (Fsp3) is 0.185. The van der Waals surface area contributed by atoms with Crippen LogP contribution >= 0.6 is 0 Å². The van der Waals surface area contributed by atoms with Crippen molar-refractivity contribution in [2.24, 2.45) is 0 Å². The fourth-order valence-corrected chi connectivity index (χ4v) is 4.99. The number of fused-ring (bicyclic) bond motifs is 8. The van der Waals surface area contributed by atoms with E-state index in [1.807, 2.05) is 30.3 Å². The van der Waals surface area contributed by atoms with Crippen LogP contribution in [0.25, 0.3) is 10.8 Å². The van der Waals surface area contributed by atoms with Gasteiger partial charge in [0.1, 0.15) is 11.5 Å². The van der Waals surface area contributed by atoms with Gasteiger partial charge < -0.3 is 18.9 Å². The van der Waals surface area contributed by atoms with Gasteiger partial charge >= 0.3 is 0 Å². The quantitative estimate of drug-likeness (QED) is 0.414. The highest BCUT2D eigenvalue weighted by molar-refractivity contribution is 5.89. The molecule has 2 atom stereocenters. The van der Waals surface area contributed by atoms with Crippen LogP contribution in [0, 0.1) is 0 Å². The van der Waals surface area contributed by atoms with Crippen LogP contribution in [-0.2, 0) is 5.79 Å². The monoisotopic (exact) mass is 410 g/mol. The number of benzene rings is 4. The molecule has 0 unspecified atom stereocenters. The molecule has 0 fully saturated rings. The second-order valence-corrected chi connectivity index (χ2v) is 8.02. The summed E-state index contributed by atoms with van der Waals surface area (Å²) in [5.41, 5.74) is 3.33. The van der Waals surface area contributed by atoms with Gasteiger partial charge in [0.25, 0.3) is 5.79 Å². The molecule has 2 aliphatic heterocycles. The molecular weight excluding hydrogens is 388 g/mol. The van der Waals surface area contributed by atoms with Crippen molar-refractivity contribution in [3.05, 3.63) is 95.6 Å². The van der Waals surface area contributed by atoms with Crippen molar-refractivity contribution in [1.29, 1.82) is 0 Å². The lowest BCUT2D eigenvalue weighted by Crippen LogP contribution is -2.46. The summed E-state index contributed by atoms with van der Waals surface area (Å²) in [6.07, 6.45) is 0.681. The summed E-state index contributed by atoms with van der Waals surface area (Å²) >= 11 is 0. The summed E-state index contributed by atoms with van der Waals surface area (Å²) in [7, 11) is 3.28. The van der Waals surface area contributed by atoms with E-state index in [2.05, 4.69) is 48.5 Å². The van der Waals surface area contributed by atoms with Gasteiger partial charge in [-0.1, -0.05) is 48.5 Å². The molecule has 0 saturated carbocycles. The van der Waals surface area contributed by atoms with E-state index in [0.717, 1.165) is 17.1 Å². The van der Waals surface area contributed by atoms with Crippen LogP contribution in [0.3, 0.4) is 0 Å². The van der Waals surface area contributed by atoms with E-state index in [0.29, 0.717) is 17.9 Å². The topological polar surface area (TPSA) is 36.9 Å². The fourth-order valence-electron chi connectivity index (χ4n) is 4.99. The van der Waals surface area contributed by atoms with E-state index in [-0.39, 0.29) is 5.92 Å². The Labute approximate surface area is 180 Å². The van der Waals surface area contributed by atoms with Crippen LogP contribution in [-0.4, -0.2) is 14.2 Å². The Balaban J connectivity index is 1.60. The third-order valence-corrected chi connectivity index (χ3v) is 6.42. The van der Waals surface area contributed by atoms with Gasteiger partial charge in [-0.15, -0.1) is 0 Å². The molecule has 4 aromatic rings. The van der Waals surface area contributed by atoms with Gasteiger partial charge in [-0.25, -0.2) is 0 Å². The van der Waals surface area contributed by atoms with E-state index < -0.39 is 5.79 Å². The lowest BCUT2D eigenvalue weighted by atomic mass is 9.77. The zero-order valence-electron chi connectivity index (χ0n) is 17.4. The predicted molar refractivity (Wildman–Crippen MR) is 119 cm³/mol. The van der Waals surface area contributed by atoms with Crippen molar-refractivity contribution >= 4 is 10.8 Å². The first kappa shape index (κ1) is 18.1. The molecule has 4 nitrogen and oxygen atoms in total. The van der Waals surface area contributed by atoms with Crippen molar-refractivity contribution in [3.8, 4) is 23.0 Å². The summed E-state index contributed by atoms with van der Waals surface area (Å²) in [5.74, 6) is 2.27. The first-order chi connectivity index (χ1) is 15.2. The van der Waals surface area contributed by atoms with E-state index in [9.17, 15) is 0 Å². The Hall–Kier alpha value is -3.66. The number of hydrogen-bond donors (Lipinski definition) is 0. The minimum Gasteiger partial charge on any atom is -0.493 e. The minimum atomic E-state index is -0.936. The Morgan fingerprint density at radius 2 is 1.55 bits per heavy atom. The molecule has 6 rings (SSSR count). The van der Waals surface area contributed by atoms with Crippen molar-refractivity contribution in [1.82, 2.24) is 0 Å². The Bertz CT molecular complexity index is 1310. The van der Waals surface area contributed by atoms with Gasteiger partial charge in [0.15, 0.2) is 11.5 Å². The summed E-state index contributed by atoms with van der Waals surface area (Å²) in [5, 5.41) is 2.44. The van der Waals surface area contributed by atoms with Crippen molar-refractivity contribution in [2.45, 2.75) is 18.1 Å². The van der Waals surface area contributed by atoms with Crippen LogP contribution in [0.15, 0.2) is 78.9 Å². The second-order valence-electron chi connectivity index (χ2n) is 8.02. The smallest absolute Gasteiger partial charge is 0.279 e. The van der Waals surface area contributed by atoms with Gasteiger partial charge in [-0.05, 0) is 41.1 Å². The molecule has 0 radical (unpaired) electrons. The highest BCUT2D eigenvalue weighted by atomic mass is 16.7. The summed E-state index contributed by atoms with van der Waals surface area (Å²) in [4.78, 5) is 0. The Kier molecular flexibility index (Phi) is 3.90. The van der Waals surface area contributed by atoms with Crippen molar-refractivity contribution < 1.29 is 18.9 Å². The molecule has 154 valence electrons. The van der Waals surface area contributed by atoms with E-state index in [1.165, 1.54) is 21.9 Å². The summed E-state index contributed by atoms with van der Waals surface area (Å²) < 4.78 is 24.3. The Morgan fingerprint density at radius 1 is 0.774 bits per heavy atom. The van der Waals surface area contributed by atoms with Crippen LogP contribution in [0.5, 0.6) is 23.0 Å². The predicted octanol–water partition coefficient (Wildman–Crippen LogP) is 6.02.